The molecule has 1 aromatic heterocycles. The summed E-state index contributed by atoms with van der Waals surface area (Å²) in [5.74, 6) is 1.94. The first kappa shape index (κ1) is 35.0. The Bertz CT molecular complexity index is 3210. The molecule has 0 N–H and O–H groups in total. The lowest BCUT2D eigenvalue weighted by Crippen LogP contribution is -2.25. The SMILES string of the molecule is c1ccc(-c2nc(-c3ccccc3)nc(-c3cccc(-c4cccc(-c5cccc(-c6ccc7c(c6)-c6ccccc6C76c7ccccc7-c7ccccc76)c5)c4)c3)n2)cc1. The highest BCUT2D eigenvalue weighted by molar-refractivity contribution is 5.96. The Morgan fingerprint density at radius 2 is 0.525 bits per heavy atom. The summed E-state index contributed by atoms with van der Waals surface area (Å²) < 4.78 is 0. The van der Waals surface area contributed by atoms with E-state index in [4.69, 9.17) is 15.0 Å². The molecule has 10 aromatic rings. The summed E-state index contributed by atoms with van der Waals surface area (Å²) in [4.78, 5) is 14.9. The summed E-state index contributed by atoms with van der Waals surface area (Å²) in [7, 11) is 0. The maximum atomic E-state index is 4.99. The minimum absolute atomic E-state index is 0.338. The van der Waals surface area contributed by atoms with E-state index in [1.165, 1.54) is 61.2 Å². The van der Waals surface area contributed by atoms with Crippen LogP contribution in [0.5, 0.6) is 0 Å². The zero-order valence-electron chi connectivity index (χ0n) is 33.2. The van der Waals surface area contributed by atoms with Gasteiger partial charge in [-0.1, -0.05) is 200 Å². The van der Waals surface area contributed by atoms with Crippen molar-refractivity contribution in [3.05, 3.63) is 247 Å². The minimum atomic E-state index is -0.338. The van der Waals surface area contributed by atoms with Crippen LogP contribution in [0.1, 0.15) is 22.3 Å². The van der Waals surface area contributed by atoms with Crippen molar-refractivity contribution in [2.75, 3.05) is 0 Å². The molecule has 9 aromatic carbocycles. The quantitative estimate of drug-likeness (QED) is 0.169. The van der Waals surface area contributed by atoms with Gasteiger partial charge in [0.2, 0.25) is 0 Å². The van der Waals surface area contributed by atoms with Gasteiger partial charge in [-0.3, -0.25) is 0 Å². The highest BCUT2D eigenvalue weighted by Crippen LogP contribution is 2.63. The van der Waals surface area contributed by atoms with Crippen molar-refractivity contribution in [1.82, 2.24) is 15.0 Å². The van der Waals surface area contributed by atoms with Crippen LogP contribution in [0.2, 0.25) is 0 Å². The van der Waals surface area contributed by atoms with Gasteiger partial charge in [0.1, 0.15) is 0 Å². The van der Waals surface area contributed by atoms with Crippen molar-refractivity contribution in [2.24, 2.45) is 0 Å². The summed E-state index contributed by atoms with van der Waals surface area (Å²) >= 11 is 0. The van der Waals surface area contributed by atoms with Crippen LogP contribution in [-0.2, 0) is 5.41 Å². The fourth-order valence-corrected chi connectivity index (χ4v) is 9.81. The van der Waals surface area contributed by atoms with Crippen molar-refractivity contribution in [3.8, 4) is 89.8 Å². The van der Waals surface area contributed by atoms with E-state index in [9.17, 15) is 0 Å². The molecule has 0 saturated heterocycles. The molecule has 1 heterocycles. The van der Waals surface area contributed by atoms with Crippen molar-refractivity contribution in [3.63, 3.8) is 0 Å². The predicted octanol–water partition coefficient (Wildman–Crippen LogP) is 14.2. The lowest BCUT2D eigenvalue weighted by molar-refractivity contribution is 0.794. The third-order valence-electron chi connectivity index (χ3n) is 12.5. The van der Waals surface area contributed by atoms with Gasteiger partial charge in [-0.2, -0.15) is 0 Å². The normalized spacial score (nSPS) is 12.7. The van der Waals surface area contributed by atoms with Crippen molar-refractivity contribution < 1.29 is 0 Å². The third-order valence-corrected chi connectivity index (χ3v) is 12.5. The molecular formula is C58H37N3. The number of nitrogens with zero attached hydrogens (tertiary/aromatic N) is 3. The third kappa shape index (κ3) is 5.62. The molecule has 0 saturated carbocycles. The van der Waals surface area contributed by atoms with Crippen LogP contribution in [0, 0.1) is 0 Å². The Labute approximate surface area is 355 Å². The summed E-state index contributed by atoms with van der Waals surface area (Å²) in [6.07, 6.45) is 0. The molecule has 0 radical (unpaired) electrons. The number of aromatic nitrogens is 3. The van der Waals surface area contributed by atoms with E-state index in [1.54, 1.807) is 0 Å². The van der Waals surface area contributed by atoms with Crippen LogP contribution in [-0.4, -0.2) is 15.0 Å². The van der Waals surface area contributed by atoms with Gasteiger partial charge < -0.3 is 0 Å². The molecule has 1 spiro atoms. The Hall–Kier alpha value is -8.01. The van der Waals surface area contributed by atoms with E-state index in [2.05, 4.69) is 164 Å². The Morgan fingerprint density at radius 3 is 0.984 bits per heavy atom. The highest BCUT2D eigenvalue weighted by Gasteiger charge is 2.51. The topological polar surface area (TPSA) is 38.7 Å². The highest BCUT2D eigenvalue weighted by atomic mass is 15.0. The Kier molecular flexibility index (Phi) is 8.07. The first-order chi connectivity index (χ1) is 30.2. The van der Waals surface area contributed by atoms with Crippen molar-refractivity contribution in [1.29, 1.82) is 0 Å². The average molecular weight is 776 g/mol. The maximum Gasteiger partial charge on any atom is 0.164 e. The van der Waals surface area contributed by atoms with E-state index in [1.807, 2.05) is 60.7 Å². The van der Waals surface area contributed by atoms with E-state index in [0.717, 1.165) is 33.4 Å². The zero-order chi connectivity index (χ0) is 40.3. The molecular weight excluding hydrogens is 739 g/mol. The molecule has 3 nitrogen and oxygen atoms in total. The second-order valence-electron chi connectivity index (χ2n) is 15.9. The summed E-state index contributed by atoms with van der Waals surface area (Å²) in [5, 5.41) is 0. The van der Waals surface area contributed by atoms with Gasteiger partial charge in [0.25, 0.3) is 0 Å². The second kappa shape index (κ2) is 14.1. The van der Waals surface area contributed by atoms with E-state index < -0.39 is 0 Å². The lowest BCUT2D eigenvalue weighted by atomic mass is 9.70. The smallest absolute Gasteiger partial charge is 0.164 e. The number of benzene rings is 9. The van der Waals surface area contributed by atoms with Gasteiger partial charge in [-0.15, -0.1) is 0 Å². The largest absolute Gasteiger partial charge is 0.208 e. The van der Waals surface area contributed by atoms with Crippen LogP contribution in [0.3, 0.4) is 0 Å². The van der Waals surface area contributed by atoms with E-state index >= 15 is 0 Å². The molecule has 0 atom stereocenters. The molecule has 61 heavy (non-hydrogen) atoms. The van der Waals surface area contributed by atoms with Crippen molar-refractivity contribution in [2.45, 2.75) is 5.41 Å². The van der Waals surface area contributed by atoms with Gasteiger partial charge in [0.15, 0.2) is 17.5 Å². The molecule has 0 amide bonds. The predicted molar refractivity (Wildman–Crippen MR) is 249 cm³/mol. The Morgan fingerprint density at radius 1 is 0.213 bits per heavy atom. The molecule has 0 fully saturated rings. The number of hydrogen-bond acceptors (Lipinski definition) is 3. The molecule has 2 aliphatic carbocycles. The summed E-state index contributed by atoms with van der Waals surface area (Å²) in [6, 6.07) is 80.6. The molecule has 0 unspecified atom stereocenters. The van der Waals surface area contributed by atoms with Crippen molar-refractivity contribution >= 4 is 0 Å². The van der Waals surface area contributed by atoms with Crippen LogP contribution in [0.4, 0.5) is 0 Å². The monoisotopic (exact) mass is 775 g/mol. The van der Waals surface area contributed by atoms with Crippen LogP contribution in [0.25, 0.3) is 89.8 Å². The molecule has 0 aliphatic heterocycles. The first-order valence-electron chi connectivity index (χ1n) is 20.8. The average Bonchev–Trinajstić information content (AvgIpc) is 3.82. The molecule has 12 rings (SSSR count). The Balaban J connectivity index is 0.909. The standard InChI is InChI=1S/C58H37N3/c1-3-16-38(17-4-1)55-59-56(39-18-5-2-6-19-39)61-57(60-55)46-25-15-24-44(36-46)42-22-13-20-40(34-42)41-21-14-23-43(35-41)45-32-33-54-50(37-45)49-28-9-12-31-53(49)58(54)51-29-10-7-26-47(51)48-27-8-11-30-52(48)58/h1-37H. The van der Waals surface area contributed by atoms with Gasteiger partial charge in [0.05, 0.1) is 5.41 Å². The van der Waals surface area contributed by atoms with Crippen LogP contribution >= 0.6 is 0 Å². The number of rotatable bonds is 6. The lowest BCUT2D eigenvalue weighted by Gasteiger charge is -2.30. The van der Waals surface area contributed by atoms with Gasteiger partial charge in [-0.25, -0.2) is 15.0 Å². The maximum absolute atomic E-state index is 4.99. The van der Waals surface area contributed by atoms with Crippen LogP contribution < -0.4 is 0 Å². The van der Waals surface area contributed by atoms with Gasteiger partial charge in [-0.05, 0) is 102 Å². The molecule has 3 heteroatoms. The first-order valence-corrected chi connectivity index (χ1v) is 20.8. The van der Waals surface area contributed by atoms with Gasteiger partial charge >= 0.3 is 0 Å². The summed E-state index contributed by atoms with van der Waals surface area (Å²) in [5.41, 5.74) is 20.2. The van der Waals surface area contributed by atoms with Gasteiger partial charge in [0, 0.05) is 16.7 Å². The van der Waals surface area contributed by atoms with E-state index in [0.29, 0.717) is 17.5 Å². The second-order valence-corrected chi connectivity index (χ2v) is 15.9. The molecule has 0 bridgehead atoms. The fourth-order valence-electron chi connectivity index (χ4n) is 9.81. The van der Waals surface area contributed by atoms with Crippen LogP contribution in [0.15, 0.2) is 224 Å². The molecule has 2 aliphatic rings. The summed E-state index contributed by atoms with van der Waals surface area (Å²) in [6.45, 7) is 0. The zero-order valence-corrected chi connectivity index (χ0v) is 33.2. The number of fused-ring (bicyclic) bond motifs is 10. The fraction of sp³-hybridized carbons (Fsp3) is 0.0172. The number of hydrogen-bond donors (Lipinski definition) is 0. The molecule has 284 valence electrons. The minimum Gasteiger partial charge on any atom is -0.208 e. The van der Waals surface area contributed by atoms with E-state index in [-0.39, 0.29) is 5.41 Å².